The summed E-state index contributed by atoms with van der Waals surface area (Å²) in [7, 11) is 0. The van der Waals surface area contributed by atoms with Crippen LogP contribution in [0.15, 0.2) is 39.9 Å². The molecule has 0 atom stereocenters. The number of nitrogens with zero attached hydrogens (tertiary/aromatic N) is 2. The Morgan fingerprint density at radius 1 is 1.45 bits per heavy atom. The molecular weight excluding hydrogens is 322 g/mol. The van der Waals surface area contributed by atoms with E-state index in [1.165, 1.54) is 0 Å². The van der Waals surface area contributed by atoms with Crippen molar-refractivity contribution >= 4 is 21.6 Å². The first-order valence-corrected chi connectivity index (χ1v) is 7.07. The Morgan fingerprint density at radius 3 is 3.00 bits per heavy atom. The maximum absolute atomic E-state index is 11.9. The van der Waals surface area contributed by atoms with Gasteiger partial charge in [-0.1, -0.05) is 6.07 Å². The van der Waals surface area contributed by atoms with Gasteiger partial charge in [-0.3, -0.25) is 9.36 Å². The van der Waals surface area contributed by atoms with Gasteiger partial charge in [0.25, 0.3) is 5.56 Å². The number of rotatable bonds is 5. The van der Waals surface area contributed by atoms with E-state index >= 15 is 0 Å². The van der Waals surface area contributed by atoms with Gasteiger partial charge in [-0.05, 0) is 41.4 Å². The van der Waals surface area contributed by atoms with Gasteiger partial charge in [-0.25, -0.2) is 4.98 Å². The summed E-state index contributed by atoms with van der Waals surface area (Å²) in [4.78, 5) is 16.1. The molecule has 0 spiro atoms. The van der Waals surface area contributed by atoms with Crippen LogP contribution in [0.5, 0.6) is 5.75 Å². The van der Waals surface area contributed by atoms with Crippen LogP contribution in [0, 0.1) is 6.92 Å². The van der Waals surface area contributed by atoms with Gasteiger partial charge in [0.1, 0.15) is 10.2 Å². The SMILES string of the molecule is Cc1ncn(CCCOc2cccc(N)c2)c(=O)c1Br. The predicted octanol–water partition coefficient (Wildman–Crippen LogP) is 2.37. The highest BCUT2D eigenvalue weighted by Crippen LogP contribution is 2.14. The van der Waals surface area contributed by atoms with Crippen LogP contribution in [-0.2, 0) is 6.54 Å². The van der Waals surface area contributed by atoms with Gasteiger partial charge in [-0.2, -0.15) is 0 Å². The standard InChI is InChI=1S/C14H16BrN3O2/c1-10-13(15)14(19)18(9-17-10)6-3-7-20-12-5-2-4-11(16)8-12/h2,4-5,8-9H,3,6-7,16H2,1H3. The van der Waals surface area contributed by atoms with Crippen molar-refractivity contribution in [1.82, 2.24) is 9.55 Å². The number of hydrogen-bond acceptors (Lipinski definition) is 4. The van der Waals surface area contributed by atoms with E-state index in [-0.39, 0.29) is 5.56 Å². The molecule has 2 N–H and O–H groups in total. The van der Waals surface area contributed by atoms with Gasteiger partial charge < -0.3 is 10.5 Å². The summed E-state index contributed by atoms with van der Waals surface area (Å²) in [5, 5.41) is 0. The van der Waals surface area contributed by atoms with Crippen LogP contribution in [0.4, 0.5) is 5.69 Å². The number of anilines is 1. The molecule has 0 saturated carbocycles. The van der Waals surface area contributed by atoms with Gasteiger partial charge in [0.15, 0.2) is 0 Å². The van der Waals surface area contributed by atoms with Gasteiger partial charge in [0, 0.05) is 18.3 Å². The second-order valence-electron chi connectivity index (χ2n) is 4.42. The molecule has 0 amide bonds. The Morgan fingerprint density at radius 2 is 2.25 bits per heavy atom. The number of ether oxygens (including phenoxy) is 1. The third-order valence-corrected chi connectivity index (χ3v) is 3.74. The topological polar surface area (TPSA) is 70.1 Å². The van der Waals surface area contributed by atoms with E-state index in [2.05, 4.69) is 20.9 Å². The van der Waals surface area contributed by atoms with Crippen molar-refractivity contribution in [3.8, 4) is 5.75 Å². The predicted molar refractivity (Wildman–Crippen MR) is 81.9 cm³/mol. The van der Waals surface area contributed by atoms with Gasteiger partial charge >= 0.3 is 0 Å². The third-order valence-electron chi connectivity index (χ3n) is 2.83. The largest absolute Gasteiger partial charge is 0.493 e. The Bertz CT molecular complexity index is 655. The first-order chi connectivity index (χ1) is 9.58. The molecule has 1 aromatic carbocycles. The molecule has 0 bridgehead atoms. The summed E-state index contributed by atoms with van der Waals surface area (Å²) in [6.45, 7) is 2.87. The zero-order chi connectivity index (χ0) is 14.5. The molecule has 0 saturated heterocycles. The highest BCUT2D eigenvalue weighted by atomic mass is 79.9. The van der Waals surface area contributed by atoms with Crippen LogP contribution in [-0.4, -0.2) is 16.2 Å². The second-order valence-corrected chi connectivity index (χ2v) is 5.21. The summed E-state index contributed by atoms with van der Waals surface area (Å²) in [5.41, 5.74) is 6.97. The van der Waals surface area contributed by atoms with E-state index in [1.54, 1.807) is 23.9 Å². The van der Waals surface area contributed by atoms with Gasteiger partial charge in [0.2, 0.25) is 0 Å². The molecule has 0 aliphatic rings. The first kappa shape index (κ1) is 14.6. The molecule has 0 fully saturated rings. The van der Waals surface area contributed by atoms with Crippen LogP contribution in [0.25, 0.3) is 0 Å². The van der Waals surface area contributed by atoms with Crippen molar-refractivity contribution in [2.24, 2.45) is 0 Å². The van der Waals surface area contributed by atoms with Crippen molar-refractivity contribution in [2.45, 2.75) is 19.9 Å². The van der Waals surface area contributed by atoms with Crippen LogP contribution in [0.1, 0.15) is 12.1 Å². The lowest BCUT2D eigenvalue weighted by atomic mass is 10.3. The van der Waals surface area contributed by atoms with E-state index < -0.39 is 0 Å². The molecule has 0 aliphatic heterocycles. The molecule has 5 nitrogen and oxygen atoms in total. The minimum absolute atomic E-state index is 0.0681. The summed E-state index contributed by atoms with van der Waals surface area (Å²) >= 11 is 3.24. The van der Waals surface area contributed by atoms with Crippen LogP contribution >= 0.6 is 15.9 Å². The molecule has 106 valence electrons. The molecule has 0 aliphatic carbocycles. The van der Waals surface area contributed by atoms with E-state index in [9.17, 15) is 4.79 Å². The Labute approximate surface area is 125 Å². The monoisotopic (exact) mass is 337 g/mol. The van der Waals surface area contributed by atoms with E-state index in [0.29, 0.717) is 35.4 Å². The van der Waals surface area contributed by atoms with Crippen LogP contribution < -0.4 is 16.0 Å². The molecule has 0 unspecified atom stereocenters. The molecule has 0 radical (unpaired) electrons. The average molecular weight is 338 g/mol. The van der Waals surface area contributed by atoms with E-state index in [4.69, 9.17) is 10.5 Å². The molecule has 2 rings (SSSR count). The van der Waals surface area contributed by atoms with Gasteiger partial charge in [0.05, 0.1) is 18.6 Å². The molecule has 6 heteroatoms. The lowest BCUT2D eigenvalue weighted by molar-refractivity contribution is 0.300. The average Bonchev–Trinajstić information content (AvgIpc) is 2.43. The number of hydrogen-bond donors (Lipinski definition) is 1. The molecule has 1 heterocycles. The second kappa shape index (κ2) is 6.56. The zero-order valence-corrected chi connectivity index (χ0v) is 12.8. The Kier molecular flexibility index (Phi) is 4.79. The fourth-order valence-corrected chi connectivity index (χ4v) is 2.06. The van der Waals surface area contributed by atoms with E-state index in [1.807, 2.05) is 18.2 Å². The number of benzene rings is 1. The van der Waals surface area contributed by atoms with Crippen molar-refractivity contribution < 1.29 is 4.74 Å². The minimum Gasteiger partial charge on any atom is -0.493 e. The highest BCUT2D eigenvalue weighted by molar-refractivity contribution is 9.10. The summed E-state index contributed by atoms with van der Waals surface area (Å²) in [5.74, 6) is 0.737. The number of nitrogen functional groups attached to an aromatic ring is 1. The number of aromatic nitrogens is 2. The van der Waals surface area contributed by atoms with E-state index in [0.717, 1.165) is 5.75 Å². The molecule has 2 aromatic rings. The molecule has 1 aromatic heterocycles. The zero-order valence-electron chi connectivity index (χ0n) is 11.2. The van der Waals surface area contributed by atoms with Crippen molar-refractivity contribution in [1.29, 1.82) is 0 Å². The lowest BCUT2D eigenvalue weighted by Crippen LogP contribution is -2.23. The maximum atomic E-state index is 11.9. The number of halogens is 1. The normalized spacial score (nSPS) is 10.5. The number of nitrogens with two attached hydrogens (primary N) is 1. The van der Waals surface area contributed by atoms with Crippen LogP contribution in [0.2, 0.25) is 0 Å². The van der Waals surface area contributed by atoms with Crippen molar-refractivity contribution in [3.05, 3.63) is 51.1 Å². The van der Waals surface area contributed by atoms with Crippen molar-refractivity contribution in [2.75, 3.05) is 12.3 Å². The fourth-order valence-electron chi connectivity index (χ4n) is 1.73. The van der Waals surface area contributed by atoms with Crippen LogP contribution in [0.3, 0.4) is 0 Å². The summed E-state index contributed by atoms with van der Waals surface area (Å²) in [6, 6.07) is 7.28. The van der Waals surface area contributed by atoms with Crippen molar-refractivity contribution in [3.63, 3.8) is 0 Å². The van der Waals surface area contributed by atoms with Gasteiger partial charge in [-0.15, -0.1) is 0 Å². The molecule has 20 heavy (non-hydrogen) atoms. The fraction of sp³-hybridized carbons (Fsp3) is 0.286. The summed E-state index contributed by atoms with van der Waals surface area (Å²) in [6.07, 6.45) is 2.27. The molecular formula is C14H16BrN3O2. The quantitative estimate of drug-likeness (QED) is 0.671. The highest BCUT2D eigenvalue weighted by Gasteiger charge is 2.05. The Balaban J connectivity index is 1.88. The first-order valence-electron chi connectivity index (χ1n) is 6.28. The number of aryl methyl sites for hydroxylation is 2. The lowest BCUT2D eigenvalue weighted by Gasteiger charge is -2.09. The maximum Gasteiger partial charge on any atom is 0.267 e. The smallest absolute Gasteiger partial charge is 0.267 e. The minimum atomic E-state index is -0.0681. The Hall–Kier alpha value is -1.82. The third kappa shape index (κ3) is 3.60. The summed E-state index contributed by atoms with van der Waals surface area (Å²) < 4.78 is 7.66.